The fraction of sp³-hybridized carbons (Fsp3) is 0.632. The predicted octanol–water partition coefficient (Wildman–Crippen LogP) is 3.54. The number of guanidine groups is 1. The number of methoxy groups -OCH3 is 1. The summed E-state index contributed by atoms with van der Waals surface area (Å²) in [5.41, 5.74) is 0. The highest BCUT2D eigenvalue weighted by Crippen LogP contribution is 2.16. The molecule has 2 rings (SSSR count). The first-order valence-electron chi connectivity index (χ1n) is 9.13. The molecule has 0 aliphatic carbocycles. The molecule has 0 bridgehead atoms. The standard InChI is InChI=1S/C19H30FN3O2.HI/c1-3-21-19(23-12-10-16(14-23)15-24-2)22-11-4-5-13-25-18-8-6-17(20)7-9-18;/h6-9,16H,3-5,10-15H2,1-2H3,(H,21,22);1H. The summed E-state index contributed by atoms with van der Waals surface area (Å²) in [7, 11) is 1.76. The van der Waals surface area contributed by atoms with Gasteiger partial charge >= 0.3 is 0 Å². The maximum atomic E-state index is 12.8. The molecular formula is C19H31FIN3O2. The van der Waals surface area contributed by atoms with Crippen LogP contribution in [0.25, 0.3) is 0 Å². The number of hydrogen-bond donors (Lipinski definition) is 1. The van der Waals surface area contributed by atoms with Gasteiger partial charge in [-0.3, -0.25) is 4.99 Å². The lowest BCUT2D eigenvalue weighted by Crippen LogP contribution is -2.40. The zero-order chi connectivity index (χ0) is 17.9. The van der Waals surface area contributed by atoms with E-state index in [4.69, 9.17) is 14.5 Å². The summed E-state index contributed by atoms with van der Waals surface area (Å²) < 4.78 is 23.7. The maximum Gasteiger partial charge on any atom is 0.193 e. The van der Waals surface area contributed by atoms with Crippen LogP contribution in [0.2, 0.25) is 0 Å². The van der Waals surface area contributed by atoms with Crippen LogP contribution in [0.1, 0.15) is 26.2 Å². The Morgan fingerprint density at radius 2 is 2.08 bits per heavy atom. The summed E-state index contributed by atoms with van der Waals surface area (Å²) in [5.74, 6) is 2.06. The summed E-state index contributed by atoms with van der Waals surface area (Å²) in [5, 5.41) is 3.38. The number of nitrogens with zero attached hydrogens (tertiary/aromatic N) is 2. The smallest absolute Gasteiger partial charge is 0.193 e. The first-order chi connectivity index (χ1) is 12.2. The second-order valence-corrected chi connectivity index (χ2v) is 6.30. The Kier molecular flexibility index (Phi) is 11.6. The second kappa shape index (κ2) is 13.1. The highest BCUT2D eigenvalue weighted by Gasteiger charge is 2.24. The van der Waals surface area contributed by atoms with Crippen LogP contribution in [0, 0.1) is 11.7 Å². The Morgan fingerprint density at radius 1 is 1.31 bits per heavy atom. The monoisotopic (exact) mass is 479 g/mol. The van der Waals surface area contributed by atoms with Crippen LogP contribution in [0.5, 0.6) is 5.75 Å². The number of halogens is 2. The van der Waals surface area contributed by atoms with E-state index in [-0.39, 0.29) is 29.8 Å². The number of nitrogens with one attached hydrogen (secondary N) is 1. The Hall–Kier alpha value is -1.09. The van der Waals surface area contributed by atoms with Gasteiger partial charge in [-0.1, -0.05) is 0 Å². The van der Waals surface area contributed by atoms with Crippen LogP contribution < -0.4 is 10.1 Å². The van der Waals surface area contributed by atoms with Crippen molar-refractivity contribution < 1.29 is 13.9 Å². The molecule has 1 saturated heterocycles. The van der Waals surface area contributed by atoms with Gasteiger partial charge in [0.2, 0.25) is 0 Å². The highest BCUT2D eigenvalue weighted by atomic mass is 127. The summed E-state index contributed by atoms with van der Waals surface area (Å²) >= 11 is 0. The number of benzene rings is 1. The molecule has 1 aliphatic heterocycles. The Morgan fingerprint density at radius 3 is 2.77 bits per heavy atom. The van der Waals surface area contributed by atoms with E-state index in [9.17, 15) is 4.39 Å². The van der Waals surface area contributed by atoms with Gasteiger partial charge in [-0.25, -0.2) is 4.39 Å². The van der Waals surface area contributed by atoms with Crippen LogP contribution in [0.3, 0.4) is 0 Å². The molecule has 1 heterocycles. The van der Waals surface area contributed by atoms with E-state index in [1.807, 2.05) is 0 Å². The fourth-order valence-corrected chi connectivity index (χ4v) is 2.94. The van der Waals surface area contributed by atoms with Crippen molar-refractivity contribution in [2.45, 2.75) is 26.2 Å². The molecule has 5 nitrogen and oxygen atoms in total. The molecule has 0 amide bonds. The van der Waals surface area contributed by atoms with E-state index in [0.717, 1.165) is 58.0 Å². The van der Waals surface area contributed by atoms with Gasteiger partial charge in [-0.05, 0) is 50.5 Å². The van der Waals surface area contributed by atoms with Gasteiger partial charge in [0.1, 0.15) is 11.6 Å². The first kappa shape index (κ1) is 23.0. The zero-order valence-corrected chi connectivity index (χ0v) is 18.1. The minimum Gasteiger partial charge on any atom is -0.494 e. The third-order valence-electron chi connectivity index (χ3n) is 4.22. The van der Waals surface area contributed by atoms with Crippen molar-refractivity contribution in [2.75, 3.05) is 46.5 Å². The minimum atomic E-state index is -0.243. The van der Waals surface area contributed by atoms with Gasteiger partial charge in [0, 0.05) is 39.2 Å². The van der Waals surface area contributed by atoms with Crippen LogP contribution in [0.4, 0.5) is 4.39 Å². The maximum absolute atomic E-state index is 12.8. The van der Waals surface area contributed by atoms with Gasteiger partial charge in [-0.2, -0.15) is 0 Å². The van der Waals surface area contributed by atoms with Gasteiger partial charge in [0.25, 0.3) is 0 Å². The third-order valence-corrected chi connectivity index (χ3v) is 4.22. The Balaban J connectivity index is 0.00000338. The molecule has 0 aromatic heterocycles. The Labute approximate surface area is 173 Å². The molecule has 1 aromatic carbocycles. The average molecular weight is 479 g/mol. The largest absolute Gasteiger partial charge is 0.494 e. The van der Waals surface area contributed by atoms with Gasteiger partial charge < -0.3 is 19.7 Å². The van der Waals surface area contributed by atoms with Crippen LogP contribution in [0.15, 0.2) is 29.3 Å². The number of hydrogen-bond acceptors (Lipinski definition) is 3. The van der Waals surface area contributed by atoms with E-state index in [1.54, 1.807) is 19.2 Å². The predicted molar refractivity (Wildman–Crippen MR) is 114 cm³/mol. The summed E-state index contributed by atoms with van der Waals surface area (Å²) in [4.78, 5) is 7.05. The van der Waals surface area contributed by atoms with Crippen molar-refractivity contribution in [3.63, 3.8) is 0 Å². The fourth-order valence-electron chi connectivity index (χ4n) is 2.94. The molecule has 1 aliphatic rings. The molecule has 1 aromatic rings. The van der Waals surface area contributed by atoms with Gasteiger partial charge in [0.15, 0.2) is 5.96 Å². The van der Waals surface area contributed by atoms with Crippen LogP contribution in [-0.4, -0.2) is 57.4 Å². The zero-order valence-electron chi connectivity index (χ0n) is 15.7. The number of ether oxygens (including phenoxy) is 2. The van der Waals surface area contributed by atoms with E-state index < -0.39 is 0 Å². The van der Waals surface area contributed by atoms with E-state index in [1.165, 1.54) is 12.1 Å². The summed E-state index contributed by atoms with van der Waals surface area (Å²) in [6.07, 6.45) is 3.04. The number of likely N-dealkylation sites (tertiary alicyclic amines) is 1. The first-order valence-corrected chi connectivity index (χ1v) is 9.13. The lowest BCUT2D eigenvalue weighted by Gasteiger charge is -2.21. The number of rotatable bonds is 9. The SMILES string of the molecule is CCNC(=NCCCCOc1ccc(F)cc1)N1CCC(COC)C1.I. The lowest BCUT2D eigenvalue weighted by atomic mass is 10.1. The van der Waals surface area contributed by atoms with Crippen LogP contribution >= 0.6 is 24.0 Å². The third kappa shape index (κ3) is 8.07. The van der Waals surface area contributed by atoms with Crippen molar-refractivity contribution in [1.82, 2.24) is 10.2 Å². The molecule has 1 N–H and O–H groups in total. The molecule has 1 atom stereocenters. The van der Waals surface area contributed by atoms with Crippen molar-refractivity contribution in [3.8, 4) is 5.75 Å². The van der Waals surface area contributed by atoms with E-state index in [2.05, 4.69) is 17.1 Å². The normalized spacial score (nSPS) is 17.1. The average Bonchev–Trinajstić information content (AvgIpc) is 3.07. The summed E-state index contributed by atoms with van der Waals surface area (Å²) in [6.45, 7) is 7.22. The number of aliphatic imine (C=N–C) groups is 1. The van der Waals surface area contributed by atoms with Crippen LogP contribution in [-0.2, 0) is 4.74 Å². The minimum absolute atomic E-state index is 0. The summed E-state index contributed by atoms with van der Waals surface area (Å²) in [6, 6.07) is 6.13. The van der Waals surface area contributed by atoms with E-state index in [0.29, 0.717) is 18.3 Å². The van der Waals surface area contributed by atoms with Crippen molar-refractivity contribution >= 4 is 29.9 Å². The molecule has 7 heteroatoms. The van der Waals surface area contributed by atoms with Crippen molar-refractivity contribution in [3.05, 3.63) is 30.1 Å². The topological polar surface area (TPSA) is 46.1 Å². The molecular weight excluding hydrogens is 448 g/mol. The Bertz CT molecular complexity index is 528. The van der Waals surface area contributed by atoms with Gasteiger partial charge in [0.05, 0.1) is 13.2 Å². The molecule has 0 radical (unpaired) electrons. The molecule has 148 valence electrons. The quantitative estimate of drug-likeness (QED) is 0.255. The second-order valence-electron chi connectivity index (χ2n) is 6.30. The molecule has 26 heavy (non-hydrogen) atoms. The highest BCUT2D eigenvalue weighted by molar-refractivity contribution is 14.0. The van der Waals surface area contributed by atoms with Crippen molar-refractivity contribution in [2.24, 2.45) is 10.9 Å². The van der Waals surface area contributed by atoms with Crippen molar-refractivity contribution in [1.29, 1.82) is 0 Å². The molecule has 0 spiro atoms. The van der Waals surface area contributed by atoms with E-state index >= 15 is 0 Å². The molecule has 1 unspecified atom stereocenters. The lowest BCUT2D eigenvalue weighted by molar-refractivity contribution is 0.157. The molecule has 1 fully saturated rings. The number of unbranched alkanes of at least 4 members (excludes halogenated alkanes) is 1. The van der Waals surface area contributed by atoms with Gasteiger partial charge in [-0.15, -0.1) is 24.0 Å². The molecule has 0 saturated carbocycles.